The molecule has 1 aromatic heterocycles. The van der Waals surface area contributed by atoms with Crippen molar-refractivity contribution in [2.45, 2.75) is 13.0 Å². The number of hydrogen-bond acceptors (Lipinski definition) is 3. The van der Waals surface area contributed by atoms with Crippen LogP contribution in [0.15, 0.2) is 83.9 Å². The number of nitrogens with zero attached hydrogens (tertiary/aromatic N) is 3. The lowest BCUT2D eigenvalue weighted by Crippen LogP contribution is -2.38. The molecular formula is C26H20FN3O. The molecule has 4 aromatic rings. The van der Waals surface area contributed by atoms with Crippen LogP contribution in [0.25, 0.3) is 11.3 Å². The molecule has 0 saturated carbocycles. The number of halogens is 1. The summed E-state index contributed by atoms with van der Waals surface area (Å²) in [7, 11) is 0. The molecule has 0 bridgehead atoms. The maximum Gasteiger partial charge on any atom is 0.151 e. The van der Waals surface area contributed by atoms with Crippen LogP contribution in [-0.2, 0) is 0 Å². The van der Waals surface area contributed by atoms with Crippen LogP contribution in [0, 0.1) is 18.7 Å². The number of benzene rings is 3. The molecule has 31 heavy (non-hydrogen) atoms. The van der Waals surface area contributed by atoms with Crippen LogP contribution < -0.4 is 4.74 Å². The minimum Gasteiger partial charge on any atom is -0.492 e. The number of aryl methyl sites for hydroxylation is 1. The summed E-state index contributed by atoms with van der Waals surface area (Å²) >= 11 is 0. The standard InChI is InChI=1S/C26H20FN3O/c1-16-6-8-17(9-7-16)22-14-24-28-25-20-4-2-3-5-23(20)31-15-21(25)26(30(24)29-22)18-10-12-19(27)13-11-18/h2-14,21,26H,15H2,1H3/t21-,26+/m1/s1. The van der Waals surface area contributed by atoms with Gasteiger partial charge in [-0.2, -0.15) is 5.10 Å². The third-order valence-corrected chi connectivity index (χ3v) is 6.09. The van der Waals surface area contributed by atoms with Crippen LogP contribution in [0.4, 0.5) is 10.2 Å². The van der Waals surface area contributed by atoms with E-state index in [1.165, 1.54) is 17.7 Å². The lowest BCUT2D eigenvalue weighted by Gasteiger charge is -2.36. The van der Waals surface area contributed by atoms with E-state index in [0.717, 1.165) is 39.7 Å². The SMILES string of the molecule is Cc1ccc(-c2cc3n(n2)[C@@H](c2ccc(F)cc2)[C@@H]2COc4ccccc4C2=N3)cc1. The fourth-order valence-electron chi connectivity index (χ4n) is 4.51. The monoisotopic (exact) mass is 409 g/mol. The highest BCUT2D eigenvalue weighted by Gasteiger charge is 2.40. The van der Waals surface area contributed by atoms with Crippen LogP contribution in [0.5, 0.6) is 5.75 Å². The molecule has 0 aliphatic carbocycles. The van der Waals surface area contributed by atoms with E-state index in [4.69, 9.17) is 14.8 Å². The van der Waals surface area contributed by atoms with Gasteiger partial charge in [0, 0.05) is 17.2 Å². The number of aliphatic imine (C=N–C) groups is 1. The minimum absolute atomic E-state index is 0.0152. The molecule has 0 amide bonds. The van der Waals surface area contributed by atoms with Crippen molar-refractivity contribution in [2.24, 2.45) is 10.9 Å². The second-order valence-corrected chi connectivity index (χ2v) is 8.11. The second kappa shape index (κ2) is 6.91. The van der Waals surface area contributed by atoms with Gasteiger partial charge >= 0.3 is 0 Å². The van der Waals surface area contributed by atoms with Crippen LogP contribution in [-0.4, -0.2) is 22.1 Å². The van der Waals surface area contributed by atoms with E-state index in [-0.39, 0.29) is 17.8 Å². The third-order valence-electron chi connectivity index (χ3n) is 6.09. The van der Waals surface area contributed by atoms with E-state index in [0.29, 0.717) is 6.61 Å². The zero-order chi connectivity index (χ0) is 20.9. The van der Waals surface area contributed by atoms with E-state index in [2.05, 4.69) is 37.3 Å². The van der Waals surface area contributed by atoms with E-state index in [1.807, 2.05) is 41.1 Å². The largest absolute Gasteiger partial charge is 0.492 e. The van der Waals surface area contributed by atoms with Crippen molar-refractivity contribution in [1.29, 1.82) is 0 Å². The van der Waals surface area contributed by atoms with Crippen LogP contribution in [0.1, 0.15) is 22.7 Å². The van der Waals surface area contributed by atoms with Gasteiger partial charge in [0.2, 0.25) is 0 Å². The molecule has 4 nitrogen and oxygen atoms in total. The Balaban J connectivity index is 1.55. The smallest absolute Gasteiger partial charge is 0.151 e. The van der Waals surface area contributed by atoms with Crippen molar-refractivity contribution < 1.29 is 9.13 Å². The van der Waals surface area contributed by atoms with Gasteiger partial charge in [-0.25, -0.2) is 14.1 Å². The summed E-state index contributed by atoms with van der Waals surface area (Å²) in [6.45, 7) is 2.57. The van der Waals surface area contributed by atoms with Crippen LogP contribution in [0.3, 0.4) is 0 Å². The Morgan fingerprint density at radius 2 is 1.74 bits per heavy atom. The third kappa shape index (κ3) is 2.96. The summed E-state index contributed by atoms with van der Waals surface area (Å²) in [6.07, 6.45) is 0. The van der Waals surface area contributed by atoms with Gasteiger partial charge in [-0.1, -0.05) is 54.1 Å². The number of para-hydroxylation sites is 1. The van der Waals surface area contributed by atoms with Crippen molar-refractivity contribution >= 4 is 11.5 Å². The van der Waals surface area contributed by atoms with Crippen molar-refractivity contribution in [3.63, 3.8) is 0 Å². The molecule has 3 aromatic carbocycles. The van der Waals surface area contributed by atoms with Gasteiger partial charge in [-0.15, -0.1) is 0 Å². The van der Waals surface area contributed by atoms with Gasteiger partial charge in [-0.05, 0) is 36.8 Å². The van der Waals surface area contributed by atoms with Gasteiger partial charge in [0.1, 0.15) is 11.6 Å². The van der Waals surface area contributed by atoms with Crippen molar-refractivity contribution in [1.82, 2.24) is 9.78 Å². The van der Waals surface area contributed by atoms with E-state index >= 15 is 0 Å². The van der Waals surface area contributed by atoms with Crippen LogP contribution in [0.2, 0.25) is 0 Å². The lowest BCUT2D eigenvalue weighted by atomic mass is 9.83. The molecule has 0 radical (unpaired) electrons. The Bertz CT molecular complexity index is 1310. The number of ether oxygens (including phenoxy) is 1. The minimum atomic E-state index is -0.250. The molecule has 2 atom stereocenters. The first kappa shape index (κ1) is 18.1. The normalized spacial score (nSPS) is 19.0. The maximum atomic E-state index is 13.7. The predicted octanol–water partition coefficient (Wildman–Crippen LogP) is 5.73. The Kier molecular flexibility index (Phi) is 4.03. The highest BCUT2D eigenvalue weighted by atomic mass is 19.1. The summed E-state index contributed by atoms with van der Waals surface area (Å²) in [5.74, 6) is 1.38. The molecule has 5 heteroatoms. The molecule has 6 rings (SSSR count). The Morgan fingerprint density at radius 1 is 0.968 bits per heavy atom. The maximum absolute atomic E-state index is 13.7. The highest BCUT2D eigenvalue weighted by molar-refractivity contribution is 6.07. The first-order valence-electron chi connectivity index (χ1n) is 10.4. The van der Waals surface area contributed by atoms with Gasteiger partial charge in [0.25, 0.3) is 0 Å². The first-order valence-corrected chi connectivity index (χ1v) is 10.4. The molecule has 0 spiro atoms. The molecule has 0 fully saturated rings. The molecule has 2 aliphatic rings. The molecule has 2 aliphatic heterocycles. The van der Waals surface area contributed by atoms with Gasteiger partial charge in [-0.3, -0.25) is 0 Å². The van der Waals surface area contributed by atoms with Gasteiger partial charge < -0.3 is 4.74 Å². The number of rotatable bonds is 2. The molecule has 0 unspecified atom stereocenters. The summed E-state index contributed by atoms with van der Waals surface area (Å²) in [6, 6.07) is 24.9. The molecule has 0 N–H and O–H groups in total. The summed E-state index contributed by atoms with van der Waals surface area (Å²) in [5, 5.41) is 4.94. The zero-order valence-corrected chi connectivity index (χ0v) is 17.0. The van der Waals surface area contributed by atoms with E-state index in [9.17, 15) is 4.39 Å². The average molecular weight is 409 g/mol. The van der Waals surface area contributed by atoms with Crippen molar-refractivity contribution in [3.05, 3.63) is 101 Å². The number of hydrogen-bond donors (Lipinski definition) is 0. The predicted molar refractivity (Wildman–Crippen MR) is 119 cm³/mol. The average Bonchev–Trinajstić information content (AvgIpc) is 3.22. The zero-order valence-electron chi connectivity index (χ0n) is 17.0. The summed E-state index contributed by atoms with van der Waals surface area (Å²) < 4.78 is 21.7. The van der Waals surface area contributed by atoms with Crippen molar-refractivity contribution in [2.75, 3.05) is 6.61 Å². The van der Waals surface area contributed by atoms with Crippen LogP contribution >= 0.6 is 0 Å². The second-order valence-electron chi connectivity index (χ2n) is 8.11. The number of fused-ring (bicyclic) bond motifs is 4. The lowest BCUT2D eigenvalue weighted by molar-refractivity contribution is 0.235. The Hall–Kier alpha value is -3.73. The van der Waals surface area contributed by atoms with E-state index in [1.54, 1.807) is 0 Å². The fraction of sp³-hybridized carbons (Fsp3) is 0.154. The Morgan fingerprint density at radius 3 is 2.55 bits per heavy atom. The molecular weight excluding hydrogens is 389 g/mol. The molecule has 3 heterocycles. The first-order chi connectivity index (χ1) is 15.2. The summed E-state index contributed by atoms with van der Waals surface area (Å²) in [5.41, 5.74) is 6.12. The quantitative estimate of drug-likeness (QED) is 0.424. The fourth-order valence-corrected chi connectivity index (χ4v) is 4.51. The summed E-state index contributed by atoms with van der Waals surface area (Å²) in [4.78, 5) is 5.03. The topological polar surface area (TPSA) is 39.4 Å². The molecule has 0 saturated heterocycles. The van der Waals surface area contributed by atoms with Gasteiger partial charge in [0.05, 0.1) is 30.0 Å². The Labute approximate surface area is 179 Å². The number of aromatic nitrogens is 2. The highest BCUT2D eigenvalue weighted by Crippen LogP contribution is 2.43. The van der Waals surface area contributed by atoms with Gasteiger partial charge in [0.15, 0.2) is 5.82 Å². The van der Waals surface area contributed by atoms with E-state index < -0.39 is 0 Å². The molecule has 152 valence electrons. The van der Waals surface area contributed by atoms with Crippen molar-refractivity contribution in [3.8, 4) is 17.0 Å².